The Bertz CT molecular complexity index is 801. The van der Waals surface area contributed by atoms with E-state index in [0.717, 1.165) is 4.88 Å². The smallest absolute Gasteiger partial charge is 0.268 e. The van der Waals surface area contributed by atoms with Gasteiger partial charge in [-0.2, -0.15) is 4.98 Å². The molecule has 2 aromatic rings. The molecule has 3 heterocycles. The number of carbonyl (C=O) groups is 1. The molecule has 1 aliphatic rings. The summed E-state index contributed by atoms with van der Waals surface area (Å²) in [6.07, 6.45) is 0.571. The summed E-state index contributed by atoms with van der Waals surface area (Å²) in [7, 11) is -1.20. The van der Waals surface area contributed by atoms with Gasteiger partial charge in [0.05, 0.1) is 29.5 Å². The van der Waals surface area contributed by atoms with Gasteiger partial charge >= 0.3 is 0 Å². The summed E-state index contributed by atoms with van der Waals surface area (Å²) in [4.78, 5) is 18.9. The zero-order valence-electron chi connectivity index (χ0n) is 13.1. The van der Waals surface area contributed by atoms with Crippen LogP contribution in [0.15, 0.2) is 22.0 Å². The van der Waals surface area contributed by atoms with Crippen LogP contribution in [0.3, 0.4) is 0 Å². The van der Waals surface area contributed by atoms with Crippen LogP contribution in [0.2, 0.25) is 0 Å². The van der Waals surface area contributed by atoms with E-state index in [2.05, 4.69) is 15.5 Å². The van der Waals surface area contributed by atoms with Crippen molar-refractivity contribution in [2.45, 2.75) is 19.0 Å². The van der Waals surface area contributed by atoms with Gasteiger partial charge in [0.1, 0.15) is 0 Å². The zero-order chi connectivity index (χ0) is 17.2. The molecule has 0 saturated carbocycles. The average molecular weight is 370 g/mol. The van der Waals surface area contributed by atoms with E-state index < -0.39 is 9.84 Å². The summed E-state index contributed by atoms with van der Waals surface area (Å²) < 4.78 is 28.1. The topological polar surface area (TPSA) is 105 Å². The second-order valence-electron chi connectivity index (χ2n) is 5.74. The van der Waals surface area contributed by atoms with Crippen molar-refractivity contribution in [2.75, 3.05) is 25.1 Å². The summed E-state index contributed by atoms with van der Waals surface area (Å²) in [5.41, 5.74) is 0. The van der Waals surface area contributed by atoms with Crippen LogP contribution in [0.5, 0.6) is 0 Å². The van der Waals surface area contributed by atoms with Gasteiger partial charge in [0.2, 0.25) is 5.91 Å². The Balaban J connectivity index is 1.47. The standard InChI is InChI=1S/C14H18N4O4S2/c1-18(10-4-6-24(20,21)9-10)8-13(19)15-7-12-16-14(22-17-12)11-3-2-5-23-11/h2-3,5,10H,4,6-9H2,1H3,(H,15,19)/t10-/m1/s1. The largest absolute Gasteiger partial charge is 0.348 e. The monoisotopic (exact) mass is 370 g/mol. The highest BCUT2D eigenvalue weighted by atomic mass is 32.2. The predicted octanol–water partition coefficient (Wildman–Crippen LogP) is 0.533. The number of thiophene rings is 1. The summed E-state index contributed by atoms with van der Waals surface area (Å²) in [5, 5.41) is 8.47. The maximum atomic E-state index is 12.0. The first kappa shape index (κ1) is 17.1. The molecule has 8 nitrogen and oxygen atoms in total. The third-order valence-electron chi connectivity index (χ3n) is 3.87. The van der Waals surface area contributed by atoms with E-state index in [1.807, 2.05) is 17.5 Å². The predicted molar refractivity (Wildman–Crippen MR) is 89.1 cm³/mol. The SMILES string of the molecule is CN(CC(=O)NCc1noc(-c2cccs2)n1)[C@@H]1CCS(=O)(=O)C1. The Kier molecular flexibility index (Phi) is 4.97. The van der Waals surface area contributed by atoms with Gasteiger partial charge in [-0.3, -0.25) is 9.69 Å². The molecule has 2 aromatic heterocycles. The van der Waals surface area contributed by atoms with Crippen LogP contribution in [0.1, 0.15) is 12.2 Å². The van der Waals surface area contributed by atoms with Gasteiger partial charge in [-0.25, -0.2) is 8.42 Å². The number of carbonyl (C=O) groups excluding carboxylic acids is 1. The van der Waals surface area contributed by atoms with Crippen LogP contribution >= 0.6 is 11.3 Å². The average Bonchev–Trinajstić information content (AvgIpc) is 3.24. The number of sulfone groups is 1. The molecule has 0 spiro atoms. The maximum Gasteiger partial charge on any atom is 0.268 e. The highest BCUT2D eigenvalue weighted by Gasteiger charge is 2.31. The van der Waals surface area contributed by atoms with E-state index in [-0.39, 0.29) is 36.5 Å². The highest BCUT2D eigenvalue weighted by Crippen LogP contribution is 2.22. The molecule has 1 fully saturated rings. The van der Waals surface area contributed by atoms with Crippen LogP contribution in [0.25, 0.3) is 10.8 Å². The van der Waals surface area contributed by atoms with Crippen molar-refractivity contribution >= 4 is 27.1 Å². The molecule has 130 valence electrons. The van der Waals surface area contributed by atoms with Gasteiger partial charge in [-0.1, -0.05) is 11.2 Å². The molecule has 3 rings (SSSR count). The first-order valence-electron chi connectivity index (χ1n) is 7.47. The number of aromatic nitrogens is 2. The molecule has 0 radical (unpaired) electrons. The van der Waals surface area contributed by atoms with Crippen molar-refractivity contribution < 1.29 is 17.7 Å². The number of rotatable bonds is 6. The number of likely N-dealkylation sites (N-methyl/N-ethyl adjacent to an activating group) is 1. The van der Waals surface area contributed by atoms with E-state index in [9.17, 15) is 13.2 Å². The molecular weight excluding hydrogens is 352 g/mol. The van der Waals surface area contributed by atoms with Gasteiger partial charge in [0.25, 0.3) is 5.89 Å². The second kappa shape index (κ2) is 6.99. The molecule has 10 heteroatoms. The lowest BCUT2D eigenvalue weighted by molar-refractivity contribution is -0.122. The Morgan fingerprint density at radius 2 is 2.38 bits per heavy atom. The number of nitrogens with zero attached hydrogens (tertiary/aromatic N) is 3. The molecule has 1 amide bonds. The molecule has 1 saturated heterocycles. The van der Waals surface area contributed by atoms with Gasteiger partial charge in [0.15, 0.2) is 15.7 Å². The molecule has 0 unspecified atom stereocenters. The minimum absolute atomic E-state index is 0.101. The van der Waals surface area contributed by atoms with Crippen molar-refractivity contribution in [1.82, 2.24) is 20.4 Å². The van der Waals surface area contributed by atoms with Gasteiger partial charge in [-0.05, 0) is 24.9 Å². The van der Waals surface area contributed by atoms with Crippen LogP contribution in [0, 0.1) is 0 Å². The third kappa shape index (κ3) is 4.19. The Labute approximate surface area is 143 Å². The second-order valence-corrected chi connectivity index (χ2v) is 8.92. The van der Waals surface area contributed by atoms with Crippen LogP contribution in [-0.2, 0) is 21.2 Å². The van der Waals surface area contributed by atoms with Crippen molar-refractivity contribution in [1.29, 1.82) is 0 Å². The molecule has 24 heavy (non-hydrogen) atoms. The number of amides is 1. The minimum atomic E-state index is -2.96. The van der Waals surface area contributed by atoms with E-state index in [4.69, 9.17) is 4.52 Å². The molecule has 0 bridgehead atoms. The number of nitrogens with one attached hydrogen (secondary N) is 1. The maximum absolute atomic E-state index is 12.0. The fraction of sp³-hybridized carbons (Fsp3) is 0.500. The highest BCUT2D eigenvalue weighted by molar-refractivity contribution is 7.91. The lowest BCUT2D eigenvalue weighted by Gasteiger charge is -2.22. The minimum Gasteiger partial charge on any atom is -0.348 e. The van der Waals surface area contributed by atoms with Crippen molar-refractivity contribution in [2.24, 2.45) is 0 Å². The quantitative estimate of drug-likeness (QED) is 0.791. The third-order valence-corrected chi connectivity index (χ3v) is 6.48. The lowest BCUT2D eigenvalue weighted by atomic mass is 10.2. The van der Waals surface area contributed by atoms with Crippen LogP contribution in [0.4, 0.5) is 0 Å². The van der Waals surface area contributed by atoms with Gasteiger partial charge in [0, 0.05) is 6.04 Å². The van der Waals surface area contributed by atoms with E-state index in [0.29, 0.717) is 18.1 Å². The van der Waals surface area contributed by atoms with Crippen molar-refractivity contribution in [3.05, 3.63) is 23.3 Å². The van der Waals surface area contributed by atoms with Gasteiger partial charge < -0.3 is 9.84 Å². The zero-order valence-corrected chi connectivity index (χ0v) is 14.8. The molecule has 0 aliphatic carbocycles. The van der Waals surface area contributed by atoms with Crippen molar-refractivity contribution in [3.63, 3.8) is 0 Å². The summed E-state index contributed by atoms with van der Waals surface area (Å²) in [6, 6.07) is 3.67. The molecular formula is C14H18N4O4S2. The fourth-order valence-corrected chi connectivity index (χ4v) is 4.99. The first-order valence-corrected chi connectivity index (χ1v) is 10.2. The van der Waals surface area contributed by atoms with Crippen LogP contribution < -0.4 is 5.32 Å². The first-order chi connectivity index (χ1) is 11.4. The van der Waals surface area contributed by atoms with Gasteiger partial charge in [-0.15, -0.1) is 11.3 Å². The lowest BCUT2D eigenvalue weighted by Crippen LogP contribution is -2.41. The summed E-state index contributed by atoms with van der Waals surface area (Å²) >= 11 is 1.50. The van der Waals surface area contributed by atoms with E-state index >= 15 is 0 Å². The Morgan fingerprint density at radius 1 is 1.54 bits per heavy atom. The van der Waals surface area contributed by atoms with E-state index in [1.165, 1.54) is 11.3 Å². The summed E-state index contributed by atoms with van der Waals surface area (Å²) in [6.45, 7) is 0.306. The fourth-order valence-electron chi connectivity index (χ4n) is 2.54. The number of hydrogen-bond donors (Lipinski definition) is 1. The Morgan fingerprint density at radius 3 is 3.04 bits per heavy atom. The summed E-state index contributed by atoms with van der Waals surface area (Å²) in [5.74, 6) is 0.939. The molecule has 1 N–H and O–H groups in total. The Hall–Kier alpha value is -1.78. The molecule has 1 aliphatic heterocycles. The molecule has 1 atom stereocenters. The van der Waals surface area contributed by atoms with Crippen LogP contribution in [-0.4, -0.2) is 60.5 Å². The normalized spacial score (nSPS) is 19.7. The number of hydrogen-bond acceptors (Lipinski definition) is 8. The molecule has 0 aromatic carbocycles. The van der Waals surface area contributed by atoms with E-state index in [1.54, 1.807) is 11.9 Å². The van der Waals surface area contributed by atoms with Crippen molar-refractivity contribution in [3.8, 4) is 10.8 Å².